The maximum absolute atomic E-state index is 5.90. The van der Waals surface area contributed by atoms with Crippen molar-refractivity contribution in [3.8, 4) is 0 Å². The molecule has 2 aliphatic carbocycles. The number of nitrogens with zero attached hydrogens (tertiary/aromatic N) is 3. The van der Waals surface area contributed by atoms with Gasteiger partial charge in [-0.15, -0.1) is 0 Å². The summed E-state index contributed by atoms with van der Waals surface area (Å²) in [5.74, 6) is 0.737. The largest absolute Gasteiger partial charge is 0.348 e. The van der Waals surface area contributed by atoms with Crippen molar-refractivity contribution >= 4 is 0 Å². The Bertz CT molecular complexity index is 454. The first-order valence-corrected chi connectivity index (χ1v) is 8.38. The van der Waals surface area contributed by atoms with Crippen molar-refractivity contribution in [2.75, 3.05) is 13.2 Å². The topological polar surface area (TPSA) is 49.2 Å². The molecule has 2 heterocycles. The second kappa shape index (κ2) is 5.36. The van der Waals surface area contributed by atoms with E-state index in [4.69, 9.17) is 9.47 Å². The Hall–Kier alpha value is -0.940. The van der Waals surface area contributed by atoms with Crippen molar-refractivity contribution in [2.45, 2.75) is 63.7 Å². The molecule has 3 fully saturated rings. The van der Waals surface area contributed by atoms with Crippen molar-refractivity contribution in [1.82, 2.24) is 14.8 Å². The standard InChI is InChI=1S/C16H25N3O2/c1-2-14(1)11-15(7-8-19-13-17-12-18-19)3-5-16(6-4-15)20-9-10-21-16/h12-14H,1-11H2. The smallest absolute Gasteiger partial charge is 0.168 e. The first-order valence-electron chi connectivity index (χ1n) is 8.38. The highest BCUT2D eigenvalue weighted by Crippen LogP contribution is 2.53. The minimum atomic E-state index is -0.236. The first kappa shape index (κ1) is 13.7. The van der Waals surface area contributed by atoms with Crippen LogP contribution >= 0.6 is 0 Å². The maximum Gasteiger partial charge on any atom is 0.168 e. The molecule has 1 aromatic rings. The van der Waals surface area contributed by atoms with Crippen molar-refractivity contribution in [2.24, 2.45) is 11.3 Å². The molecule has 1 saturated heterocycles. The molecule has 0 unspecified atom stereocenters. The molecule has 0 bridgehead atoms. The molecule has 5 heteroatoms. The molecule has 2 saturated carbocycles. The molecule has 0 aromatic carbocycles. The van der Waals surface area contributed by atoms with E-state index >= 15 is 0 Å². The third-order valence-electron chi connectivity index (χ3n) is 5.64. The number of aryl methyl sites for hydroxylation is 1. The third kappa shape index (κ3) is 2.99. The molecule has 1 aliphatic heterocycles. The minimum absolute atomic E-state index is 0.236. The van der Waals surface area contributed by atoms with Crippen LogP contribution in [0.25, 0.3) is 0 Å². The van der Waals surface area contributed by atoms with Gasteiger partial charge in [-0.25, -0.2) is 4.98 Å². The van der Waals surface area contributed by atoms with Gasteiger partial charge in [0.05, 0.1) is 13.2 Å². The van der Waals surface area contributed by atoms with Gasteiger partial charge in [0.1, 0.15) is 12.7 Å². The molecule has 0 radical (unpaired) electrons. The predicted molar refractivity (Wildman–Crippen MR) is 77.5 cm³/mol. The second-order valence-electron chi connectivity index (χ2n) is 7.16. The number of hydrogen-bond donors (Lipinski definition) is 0. The lowest BCUT2D eigenvalue weighted by molar-refractivity contribution is -0.193. The maximum atomic E-state index is 5.90. The summed E-state index contributed by atoms with van der Waals surface area (Å²) >= 11 is 0. The van der Waals surface area contributed by atoms with Crippen molar-refractivity contribution < 1.29 is 9.47 Å². The van der Waals surface area contributed by atoms with Crippen LogP contribution in [0.2, 0.25) is 0 Å². The lowest BCUT2D eigenvalue weighted by atomic mass is 9.67. The number of hydrogen-bond acceptors (Lipinski definition) is 4. The Balaban J connectivity index is 1.41. The Morgan fingerprint density at radius 2 is 1.86 bits per heavy atom. The van der Waals surface area contributed by atoms with Gasteiger partial charge >= 0.3 is 0 Å². The first-order chi connectivity index (χ1) is 10.3. The summed E-state index contributed by atoms with van der Waals surface area (Å²) in [5, 5.41) is 4.25. The molecule has 116 valence electrons. The van der Waals surface area contributed by atoms with Crippen molar-refractivity contribution in [3.63, 3.8) is 0 Å². The van der Waals surface area contributed by atoms with E-state index in [9.17, 15) is 0 Å². The molecule has 1 aromatic heterocycles. The SMILES string of the molecule is c1ncn(CCC2(CC3CC3)CCC3(CC2)OCCO3)n1. The van der Waals surface area contributed by atoms with E-state index in [1.54, 1.807) is 6.33 Å². The van der Waals surface area contributed by atoms with Crippen LogP contribution in [0.4, 0.5) is 0 Å². The molecule has 5 nitrogen and oxygen atoms in total. The lowest BCUT2D eigenvalue weighted by Crippen LogP contribution is -2.40. The Morgan fingerprint density at radius 3 is 2.48 bits per heavy atom. The monoisotopic (exact) mass is 291 g/mol. The minimum Gasteiger partial charge on any atom is -0.348 e. The summed E-state index contributed by atoms with van der Waals surface area (Å²) in [7, 11) is 0. The molecule has 0 atom stereocenters. The number of ether oxygens (including phenoxy) is 2. The van der Waals surface area contributed by atoms with Crippen LogP contribution in [0.3, 0.4) is 0 Å². The predicted octanol–water partition coefficient (Wildman–Crippen LogP) is 2.77. The van der Waals surface area contributed by atoms with Gasteiger partial charge in [0, 0.05) is 19.4 Å². The van der Waals surface area contributed by atoms with Gasteiger partial charge in [-0.3, -0.25) is 4.68 Å². The van der Waals surface area contributed by atoms with Crippen LogP contribution in [0.15, 0.2) is 12.7 Å². The fourth-order valence-electron chi connectivity index (χ4n) is 4.14. The van der Waals surface area contributed by atoms with Gasteiger partial charge in [-0.1, -0.05) is 12.8 Å². The number of aromatic nitrogens is 3. The zero-order valence-electron chi connectivity index (χ0n) is 12.7. The average molecular weight is 291 g/mol. The normalized spacial score (nSPS) is 27.2. The molecular weight excluding hydrogens is 266 g/mol. The highest BCUT2D eigenvalue weighted by Gasteiger charge is 2.47. The van der Waals surface area contributed by atoms with E-state index < -0.39 is 0 Å². The molecular formula is C16H25N3O2. The molecule has 3 aliphatic rings. The highest BCUT2D eigenvalue weighted by atomic mass is 16.7. The van der Waals surface area contributed by atoms with Crippen LogP contribution in [0.1, 0.15) is 51.4 Å². The summed E-state index contributed by atoms with van der Waals surface area (Å²) in [6.45, 7) is 2.53. The lowest BCUT2D eigenvalue weighted by Gasteiger charge is -2.44. The Kier molecular flexibility index (Phi) is 3.50. The number of rotatable bonds is 5. The summed E-state index contributed by atoms with van der Waals surface area (Å²) < 4.78 is 13.8. The van der Waals surface area contributed by atoms with Gasteiger partial charge in [0.25, 0.3) is 0 Å². The van der Waals surface area contributed by atoms with Crippen LogP contribution in [-0.4, -0.2) is 33.8 Å². The summed E-state index contributed by atoms with van der Waals surface area (Å²) in [6, 6.07) is 0. The second-order valence-corrected chi connectivity index (χ2v) is 7.16. The summed E-state index contributed by atoms with van der Waals surface area (Å²) in [6.07, 6.45) is 13.5. The quantitative estimate of drug-likeness (QED) is 0.837. The Labute approximate surface area is 126 Å². The van der Waals surface area contributed by atoms with Crippen LogP contribution < -0.4 is 0 Å². The zero-order valence-corrected chi connectivity index (χ0v) is 12.7. The highest BCUT2D eigenvalue weighted by molar-refractivity contribution is 4.94. The zero-order chi connectivity index (χ0) is 14.2. The molecule has 0 amide bonds. The summed E-state index contributed by atoms with van der Waals surface area (Å²) in [5.41, 5.74) is 0.466. The van der Waals surface area contributed by atoms with Gasteiger partial charge in [0.2, 0.25) is 0 Å². The van der Waals surface area contributed by atoms with Crippen molar-refractivity contribution in [3.05, 3.63) is 12.7 Å². The van der Waals surface area contributed by atoms with E-state index in [2.05, 4.69) is 10.1 Å². The molecule has 0 N–H and O–H groups in total. The molecule has 4 rings (SSSR count). The van der Waals surface area contributed by atoms with Gasteiger partial charge < -0.3 is 9.47 Å². The van der Waals surface area contributed by atoms with Crippen LogP contribution in [0, 0.1) is 11.3 Å². The third-order valence-corrected chi connectivity index (χ3v) is 5.64. The van der Waals surface area contributed by atoms with Crippen LogP contribution in [0.5, 0.6) is 0 Å². The van der Waals surface area contributed by atoms with E-state index in [0.29, 0.717) is 5.41 Å². The average Bonchev–Trinajstić information content (AvgIpc) is 3.00. The fraction of sp³-hybridized carbons (Fsp3) is 0.875. The van der Waals surface area contributed by atoms with E-state index in [0.717, 1.165) is 38.5 Å². The van der Waals surface area contributed by atoms with Crippen LogP contribution in [-0.2, 0) is 16.0 Å². The molecule has 21 heavy (non-hydrogen) atoms. The fourth-order valence-corrected chi connectivity index (χ4v) is 4.14. The van der Waals surface area contributed by atoms with Crippen molar-refractivity contribution in [1.29, 1.82) is 0 Å². The summed E-state index contributed by atoms with van der Waals surface area (Å²) in [4.78, 5) is 4.05. The van der Waals surface area contributed by atoms with Gasteiger partial charge in [-0.05, 0) is 37.0 Å². The van der Waals surface area contributed by atoms with E-state index in [1.165, 1.54) is 38.5 Å². The van der Waals surface area contributed by atoms with Gasteiger partial charge in [-0.2, -0.15) is 5.10 Å². The molecule has 1 spiro atoms. The van der Waals surface area contributed by atoms with E-state index in [-0.39, 0.29) is 5.79 Å². The Morgan fingerprint density at radius 1 is 1.10 bits per heavy atom. The van der Waals surface area contributed by atoms with Gasteiger partial charge in [0.15, 0.2) is 5.79 Å². The van der Waals surface area contributed by atoms with E-state index in [1.807, 2.05) is 11.0 Å².